The highest BCUT2D eigenvalue weighted by Gasteiger charge is 2.15. The Morgan fingerprint density at radius 1 is 1.05 bits per heavy atom. The molecule has 4 heteroatoms. The lowest BCUT2D eigenvalue weighted by atomic mass is 10.3. The second kappa shape index (κ2) is 14.6. The second-order valence-corrected chi connectivity index (χ2v) is 4.79. The molecule has 4 nitrogen and oxygen atoms in total. The van der Waals surface area contributed by atoms with Gasteiger partial charge in [0.25, 0.3) is 0 Å². The van der Waals surface area contributed by atoms with E-state index >= 15 is 0 Å². The highest BCUT2D eigenvalue weighted by Crippen LogP contribution is 2.09. The number of benzene rings is 1. The largest absolute Gasteiger partial charge is 0.478 e. The molecule has 1 saturated heterocycles. The number of para-hydroxylation sites is 1. The predicted octanol–water partition coefficient (Wildman–Crippen LogP) is 2.69. The smallest absolute Gasteiger partial charge is 0.142 e. The van der Waals surface area contributed by atoms with Crippen LogP contribution in [0.15, 0.2) is 43.0 Å². The van der Waals surface area contributed by atoms with Crippen molar-refractivity contribution < 1.29 is 4.74 Å². The van der Waals surface area contributed by atoms with E-state index in [-0.39, 0.29) is 0 Å². The van der Waals surface area contributed by atoms with Crippen LogP contribution in [0.25, 0.3) is 0 Å². The summed E-state index contributed by atoms with van der Waals surface area (Å²) >= 11 is 0. The van der Waals surface area contributed by atoms with E-state index in [0.29, 0.717) is 6.73 Å². The number of rotatable bonds is 5. The first-order valence-electron chi connectivity index (χ1n) is 8.12. The van der Waals surface area contributed by atoms with Crippen LogP contribution in [0.1, 0.15) is 13.8 Å². The Balaban J connectivity index is 0.000000789. The van der Waals surface area contributed by atoms with Gasteiger partial charge in [-0.1, -0.05) is 38.1 Å². The summed E-state index contributed by atoms with van der Waals surface area (Å²) in [7, 11) is 3.75. The third-order valence-corrected chi connectivity index (χ3v) is 3.01. The molecule has 0 saturated carbocycles. The van der Waals surface area contributed by atoms with Gasteiger partial charge in [0.15, 0.2) is 0 Å². The average Bonchev–Trinajstić information content (AvgIpc) is 2.58. The molecule has 0 unspecified atom stereocenters. The Morgan fingerprint density at radius 2 is 1.55 bits per heavy atom. The van der Waals surface area contributed by atoms with Crippen molar-refractivity contribution in [2.24, 2.45) is 0 Å². The third kappa shape index (κ3) is 9.55. The standard InChI is InChI=1S/C14H20N2O.C2H7N.C2H6/c1-2-8-15-9-11-16(12-10-15)13-17-14-6-4-3-5-7-14;1-3-2;1-2/h2-7H,1,8-13H2;3H,1-2H3;1-2H3. The van der Waals surface area contributed by atoms with Crippen molar-refractivity contribution in [2.45, 2.75) is 13.8 Å². The minimum absolute atomic E-state index is 0.686. The molecule has 126 valence electrons. The molecule has 1 fully saturated rings. The topological polar surface area (TPSA) is 27.7 Å². The van der Waals surface area contributed by atoms with Crippen molar-refractivity contribution in [2.75, 3.05) is 53.5 Å². The lowest BCUT2D eigenvalue weighted by Gasteiger charge is -2.33. The van der Waals surface area contributed by atoms with E-state index in [1.54, 1.807) is 0 Å². The van der Waals surface area contributed by atoms with Crippen LogP contribution in [0.3, 0.4) is 0 Å². The van der Waals surface area contributed by atoms with Crippen LogP contribution in [0.4, 0.5) is 0 Å². The zero-order valence-electron chi connectivity index (χ0n) is 14.7. The normalized spacial score (nSPS) is 14.9. The van der Waals surface area contributed by atoms with Gasteiger partial charge in [-0.2, -0.15) is 0 Å². The highest BCUT2D eigenvalue weighted by atomic mass is 16.5. The van der Waals surface area contributed by atoms with Crippen LogP contribution in [0, 0.1) is 0 Å². The molecular weight excluding hydrogens is 274 g/mol. The van der Waals surface area contributed by atoms with Crippen molar-refractivity contribution in [3.05, 3.63) is 43.0 Å². The maximum atomic E-state index is 5.73. The number of hydrogen-bond donors (Lipinski definition) is 1. The van der Waals surface area contributed by atoms with Crippen LogP contribution in [-0.4, -0.2) is 63.3 Å². The van der Waals surface area contributed by atoms with Crippen molar-refractivity contribution in [3.63, 3.8) is 0 Å². The average molecular weight is 307 g/mol. The summed E-state index contributed by atoms with van der Waals surface area (Å²) in [5.41, 5.74) is 0. The van der Waals surface area contributed by atoms with E-state index < -0.39 is 0 Å². The van der Waals surface area contributed by atoms with Gasteiger partial charge < -0.3 is 10.1 Å². The van der Waals surface area contributed by atoms with E-state index in [1.807, 2.05) is 64.4 Å². The Hall–Kier alpha value is -1.36. The second-order valence-electron chi connectivity index (χ2n) is 4.79. The molecule has 0 aromatic heterocycles. The molecule has 0 radical (unpaired) electrons. The van der Waals surface area contributed by atoms with Gasteiger partial charge in [0.2, 0.25) is 0 Å². The fraction of sp³-hybridized carbons (Fsp3) is 0.556. The maximum absolute atomic E-state index is 5.73. The SMILES string of the molecule is C=CCN1CCN(COc2ccccc2)CC1.CC.CNC. The number of ether oxygens (including phenoxy) is 1. The van der Waals surface area contributed by atoms with E-state index in [2.05, 4.69) is 21.7 Å². The van der Waals surface area contributed by atoms with Gasteiger partial charge in [-0.05, 0) is 26.2 Å². The van der Waals surface area contributed by atoms with Gasteiger partial charge in [-0.15, -0.1) is 6.58 Å². The molecule has 0 bridgehead atoms. The van der Waals surface area contributed by atoms with E-state index in [9.17, 15) is 0 Å². The Kier molecular flexibility index (Phi) is 13.7. The van der Waals surface area contributed by atoms with Gasteiger partial charge in [0.1, 0.15) is 12.5 Å². The van der Waals surface area contributed by atoms with Gasteiger partial charge >= 0.3 is 0 Å². The summed E-state index contributed by atoms with van der Waals surface area (Å²) in [5, 5.41) is 2.75. The molecule has 1 N–H and O–H groups in total. The third-order valence-electron chi connectivity index (χ3n) is 3.01. The van der Waals surface area contributed by atoms with Crippen LogP contribution >= 0.6 is 0 Å². The molecule has 1 aliphatic rings. The molecule has 1 aliphatic heterocycles. The molecule has 0 spiro atoms. The van der Waals surface area contributed by atoms with Gasteiger partial charge in [-0.3, -0.25) is 9.80 Å². The number of nitrogens with one attached hydrogen (secondary N) is 1. The van der Waals surface area contributed by atoms with Crippen LogP contribution in [0.2, 0.25) is 0 Å². The summed E-state index contributed by atoms with van der Waals surface area (Å²) in [4.78, 5) is 4.75. The first-order valence-corrected chi connectivity index (χ1v) is 8.12. The lowest BCUT2D eigenvalue weighted by Crippen LogP contribution is -2.47. The van der Waals surface area contributed by atoms with E-state index in [4.69, 9.17) is 4.74 Å². The van der Waals surface area contributed by atoms with Crippen LogP contribution < -0.4 is 10.1 Å². The molecule has 1 heterocycles. The van der Waals surface area contributed by atoms with Crippen molar-refractivity contribution >= 4 is 0 Å². The molecule has 0 amide bonds. The fourth-order valence-corrected chi connectivity index (χ4v) is 1.97. The minimum Gasteiger partial charge on any atom is -0.478 e. The van der Waals surface area contributed by atoms with Crippen molar-refractivity contribution in [3.8, 4) is 5.75 Å². The number of piperazine rings is 1. The molecule has 2 rings (SSSR count). The summed E-state index contributed by atoms with van der Waals surface area (Å²) in [6.45, 7) is 13.8. The van der Waals surface area contributed by atoms with Crippen molar-refractivity contribution in [1.29, 1.82) is 0 Å². The van der Waals surface area contributed by atoms with Crippen LogP contribution in [0.5, 0.6) is 5.75 Å². The maximum Gasteiger partial charge on any atom is 0.142 e. The van der Waals surface area contributed by atoms with Crippen LogP contribution in [-0.2, 0) is 0 Å². The number of nitrogens with zero attached hydrogens (tertiary/aromatic N) is 2. The fourth-order valence-electron chi connectivity index (χ4n) is 1.97. The zero-order valence-corrected chi connectivity index (χ0v) is 14.7. The first kappa shape index (κ1) is 20.6. The highest BCUT2D eigenvalue weighted by molar-refractivity contribution is 5.20. The summed E-state index contributed by atoms with van der Waals surface area (Å²) in [6, 6.07) is 9.98. The Labute approximate surface area is 136 Å². The van der Waals surface area contributed by atoms with Gasteiger partial charge in [-0.25, -0.2) is 0 Å². The van der Waals surface area contributed by atoms with E-state index in [0.717, 1.165) is 38.5 Å². The van der Waals surface area contributed by atoms with E-state index in [1.165, 1.54) is 0 Å². The Morgan fingerprint density at radius 3 is 2.05 bits per heavy atom. The monoisotopic (exact) mass is 307 g/mol. The molecule has 22 heavy (non-hydrogen) atoms. The zero-order chi connectivity index (χ0) is 16.6. The molecule has 1 aromatic carbocycles. The summed E-state index contributed by atoms with van der Waals surface area (Å²) in [5.74, 6) is 0.945. The molecule has 0 atom stereocenters. The first-order chi connectivity index (χ1) is 10.8. The quantitative estimate of drug-likeness (QED) is 0.847. The van der Waals surface area contributed by atoms with Gasteiger partial charge in [0.05, 0.1) is 0 Å². The van der Waals surface area contributed by atoms with Crippen molar-refractivity contribution in [1.82, 2.24) is 15.1 Å². The predicted molar refractivity (Wildman–Crippen MR) is 96.5 cm³/mol. The Bertz CT molecular complexity index is 349. The molecule has 0 aliphatic carbocycles. The summed E-state index contributed by atoms with van der Waals surface area (Å²) in [6.07, 6.45) is 1.97. The molecular formula is C18H33N3O. The number of hydrogen-bond acceptors (Lipinski definition) is 4. The van der Waals surface area contributed by atoms with Gasteiger partial charge in [0, 0.05) is 32.7 Å². The lowest BCUT2D eigenvalue weighted by molar-refractivity contribution is 0.0710. The minimum atomic E-state index is 0.686. The summed E-state index contributed by atoms with van der Waals surface area (Å²) < 4.78 is 5.73. The molecule has 1 aromatic rings.